The number of amides is 2. The Kier molecular flexibility index (Phi) is 5.94. The van der Waals surface area contributed by atoms with E-state index in [0.29, 0.717) is 25.4 Å². The van der Waals surface area contributed by atoms with Crippen molar-refractivity contribution >= 4 is 22.8 Å². The third kappa shape index (κ3) is 4.65. The fraction of sp³-hybridized carbons (Fsp3) is 0.400. The number of nitrogens with zero attached hydrogens (tertiary/aromatic N) is 1. The van der Waals surface area contributed by atoms with Crippen molar-refractivity contribution in [1.82, 2.24) is 10.2 Å². The Balaban J connectivity index is 1.43. The van der Waals surface area contributed by atoms with E-state index in [1.165, 1.54) is 0 Å². The molecule has 0 radical (unpaired) electrons. The van der Waals surface area contributed by atoms with Gasteiger partial charge in [-0.2, -0.15) is 0 Å². The van der Waals surface area contributed by atoms with Crippen LogP contribution in [0.5, 0.6) is 5.75 Å². The quantitative estimate of drug-likeness (QED) is 0.894. The van der Waals surface area contributed by atoms with E-state index in [4.69, 9.17) is 9.47 Å². The molecule has 1 fully saturated rings. The van der Waals surface area contributed by atoms with Gasteiger partial charge in [0.25, 0.3) is 5.91 Å². The maximum Gasteiger partial charge on any atom is 0.409 e. The third-order valence-electron chi connectivity index (χ3n) is 4.48. The summed E-state index contributed by atoms with van der Waals surface area (Å²) in [7, 11) is 0. The molecule has 1 saturated heterocycles. The number of hydrogen-bond donors (Lipinski definition) is 1. The first-order valence-electron chi connectivity index (χ1n) is 8.98. The highest BCUT2D eigenvalue weighted by molar-refractivity contribution is 5.84. The molecule has 0 unspecified atom stereocenters. The summed E-state index contributed by atoms with van der Waals surface area (Å²) in [6, 6.07) is 13.9. The van der Waals surface area contributed by atoms with E-state index in [2.05, 4.69) is 5.32 Å². The van der Waals surface area contributed by atoms with E-state index in [1.807, 2.05) is 42.5 Å². The summed E-state index contributed by atoms with van der Waals surface area (Å²) in [5.74, 6) is 0.531. The SMILES string of the molecule is CCOC(=O)N1CCC(NC(=O)COc2ccc3ccccc3c2)CC1. The molecule has 0 spiro atoms. The smallest absolute Gasteiger partial charge is 0.409 e. The highest BCUT2D eigenvalue weighted by atomic mass is 16.6. The average Bonchev–Trinajstić information content (AvgIpc) is 2.67. The van der Waals surface area contributed by atoms with Crippen molar-refractivity contribution in [2.75, 3.05) is 26.3 Å². The lowest BCUT2D eigenvalue weighted by atomic mass is 10.1. The molecule has 6 nitrogen and oxygen atoms in total. The van der Waals surface area contributed by atoms with Crippen LogP contribution in [0.2, 0.25) is 0 Å². The Bertz CT molecular complexity index is 769. The van der Waals surface area contributed by atoms with Gasteiger partial charge in [0.1, 0.15) is 5.75 Å². The van der Waals surface area contributed by atoms with Gasteiger partial charge in [0.2, 0.25) is 0 Å². The zero-order valence-corrected chi connectivity index (χ0v) is 14.9. The fourth-order valence-corrected chi connectivity index (χ4v) is 3.10. The molecule has 0 aromatic heterocycles. The van der Waals surface area contributed by atoms with Gasteiger partial charge in [0, 0.05) is 19.1 Å². The molecule has 0 saturated carbocycles. The molecule has 26 heavy (non-hydrogen) atoms. The summed E-state index contributed by atoms with van der Waals surface area (Å²) >= 11 is 0. The number of piperidine rings is 1. The molecule has 138 valence electrons. The van der Waals surface area contributed by atoms with E-state index in [9.17, 15) is 9.59 Å². The highest BCUT2D eigenvalue weighted by Crippen LogP contribution is 2.20. The number of hydrogen-bond acceptors (Lipinski definition) is 4. The largest absolute Gasteiger partial charge is 0.484 e. The van der Waals surface area contributed by atoms with Crippen LogP contribution >= 0.6 is 0 Å². The van der Waals surface area contributed by atoms with Crippen molar-refractivity contribution in [3.8, 4) is 5.75 Å². The second-order valence-electron chi connectivity index (χ2n) is 6.33. The Hall–Kier alpha value is -2.76. The molecule has 2 aromatic rings. The van der Waals surface area contributed by atoms with Gasteiger partial charge in [0.05, 0.1) is 6.61 Å². The first-order valence-corrected chi connectivity index (χ1v) is 8.98. The Morgan fingerprint density at radius 3 is 2.58 bits per heavy atom. The molecule has 1 N–H and O–H groups in total. The average molecular weight is 356 g/mol. The summed E-state index contributed by atoms with van der Waals surface area (Å²) in [5.41, 5.74) is 0. The second kappa shape index (κ2) is 8.56. The van der Waals surface area contributed by atoms with Crippen LogP contribution in [0.1, 0.15) is 19.8 Å². The van der Waals surface area contributed by atoms with Crippen LogP contribution in [0.4, 0.5) is 4.79 Å². The van der Waals surface area contributed by atoms with Crippen molar-refractivity contribution in [2.24, 2.45) is 0 Å². The van der Waals surface area contributed by atoms with Crippen molar-refractivity contribution in [3.05, 3.63) is 42.5 Å². The molecule has 1 aliphatic heterocycles. The van der Waals surface area contributed by atoms with Gasteiger partial charge < -0.3 is 19.7 Å². The summed E-state index contributed by atoms with van der Waals surface area (Å²) < 4.78 is 10.6. The molecule has 0 atom stereocenters. The number of nitrogens with one attached hydrogen (secondary N) is 1. The van der Waals surface area contributed by atoms with E-state index in [0.717, 1.165) is 23.6 Å². The minimum atomic E-state index is -0.281. The van der Waals surface area contributed by atoms with Crippen molar-refractivity contribution in [1.29, 1.82) is 0 Å². The van der Waals surface area contributed by atoms with Crippen LogP contribution in [0.3, 0.4) is 0 Å². The lowest BCUT2D eigenvalue weighted by Crippen LogP contribution is -2.47. The minimum absolute atomic E-state index is 0.0174. The number of rotatable bonds is 5. The zero-order chi connectivity index (χ0) is 18.4. The first kappa shape index (κ1) is 18.0. The van der Waals surface area contributed by atoms with Gasteiger partial charge in [-0.05, 0) is 42.7 Å². The van der Waals surface area contributed by atoms with Crippen LogP contribution in [0, 0.1) is 0 Å². The molecule has 6 heteroatoms. The molecule has 1 aliphatic rings. The number of likely N-dealkylation sites (tertiary alicyclic amines) is 1. The summed E-state index contributed by atoms with van der Waals surface area (Å²) in [5, 5.41) is 5.19. The number of benzene rings is 2. The molecule has 0 aliphatic carbocycles. The molecule has 0 bridgehead atoms. The summed E-state index contributed by atoms with van der Waals surface area (Å²) in [6.07, 6.45) is 1.16. The van der Waals surface area contributed by atoms with Crippen LogP contribution in [-0.2, 0) is 9.53 Å². The normalized spacial score (nSPS) is 14.9. The number of carbonyl (C=O) groups is 2. The topological polar surface area (TPSA) is 67.9 Å². The highest BCUT2D eigenvalue weighted by Gasteiger charge is 2.24. The van der Waals surface area contributed by atoms with E-state index < -0.39 is 0 Å². The van der Waals surface area contributed by atoms with Gasteiger partial charge in [-0.25, -0.2) is 4.79 Å². The Morgan fingerprint density at radius 1 is 1.12 bits per heavy atom. The lowest BCUT2D eigenvalue weighted by molar-refractivity contribution is -0.124. The third-order valence-corrected chi connectivity index (χ3v) is 4.48. The minimum Gasteiger partial charge on any atom is -0.484 e. The van der Waals surface area contributed by atoms with Crippen LogP contribution in [0.25, 0.3) is 10.8 Å². The van der Waals surface area contributed by atoms with Crippen molar-refractivity contribution in [2.45, 2.75) is 25.8 Å². The van der Waals surface area contributed by atoms with E-state index in [1.54, 1.807) is 11.8 Å². The van der Waals surface area contributed by atoms with Gasteiger partial charge in [-0.3, -0.25) is 4.79 Å². The van der Waals surface area contributed by atoms with Crippen LogP contribution < -0.4 is 10.1 Å². The molecule has 2 amide bonds. The number of ether oxygens (including phenoxy) is 2. The maximum absolute atomic E-state index is 12.1. The summed E-state index contributed by atoms with van der Waals surface area (Å²) in [4.78, 5) is 25.5. The van der Waals surface area contributed by atoms with Gasteiger partial charge in [0.15, 0.2) is 6.61 Å². The molecular weight excluding hydrogens is 332 g/mol. The standard InChI is InChI=1S/C20H24N2O4/c1-2-25-20(24)22-11-9-17(10-12-22)21-19(23)14-26-18-8-7-15-5-3-4-6-16(15)13-18/h3-8,13,17H,2,9-12,14H2,1H3,(H,21,23). The summed E-state index contributed by atoms with van der Waals surface area (Å²) in [6.45, 7) is 3.34. The van der Waals surface area contributed by atoms with Crippen LogP contribution in [-0.4, -0.2) is 49.2 Å². The Labute approximate surface area is 153 Å². The van der Waals surface area contributed by atoms with Crippen molar-refractivity contribution in [3.63, 3.8) is 0 Å². The van der Waals surface area contributed by atoms with Gasteiger partial charge >= 0.3 is 6.09 Å². The van der Waals surface area contributed by atoms with Gasteiger partial charge in [-0.1, -0.05) is 30.3 Å². The first-order chi connectivity index (χ1) is 12.7. The number of carbonyl (C=O) groups excluding carboxylic acids is 2. The monoisotopic (exact) mass is 356 g/mol. The zero-order valence-electron chi connectivity index (χ0n) is 14.9. The number of fused-ring (bicyclic) bond motifs is 1. The van der Waals surface area contributed by atoms with Gasteiger partial charge in [-0.15, -0.1) is 0 Å². The molecule has 3 rings (SSSR count). The van der Waals surface area contributed by atoms with E-state index >= 15 is 0 Å². The molecule has 1 heterocycles. The van der Waals surface area contributed by atoms with Crippen LogP contribution in [0.15, 0.2) is 42.5 Å². The predicted octanol–water partition coefficient (Wildman–Crippen LogP) is 2.96. The molecular formula is C20H24N2O4. The fourth-order valence-electron chi connectivity index (χ4n) is 3.10. The van der Waals surface area contributed by atoms with E-state index in [-0.39, 0.29) is 24.6 Å². The molecule has 2 aromatic carbocycles. The lowest BCUT2D eigenvalue weighted by Gasteiger charge is -2.31. The second-order valence-corrected chi connectivity index (χ2v) is 6.33. The Morgan fingerprint density at radius 2 is 1.85 bits per heavy atom. The maximum atomic E-state index is 12.1. The predicted molar refractivity (Wildman–Crippen MR) is 99.2 cm³/mol. The van der Waals surface area contributed by atoms with Crippen molar-refractivity contribution < 1.29 is 19.1 Å².